The van der Waals surface area contributed by atoms with Gasteiger partial charge in [-0.05, 0) is 54.4 Å². The third kappa shape index (κ3) is 3.16. The molecule has 2 aliphatic rings. The molecule has 1 saturated carbocycles. The second kappa shape index (κ2) is 8.36. The summed E-state index contributed by atoms with van der Waals surface area (Å²) in [6.45, 7) is 2.07. The van der Waals surface area contributed by atoms with Crippen LogP contribution in [0.5, 0.6) is 5.75 Å². The van der Waals surface area contributed by atoms with Gasteiger partial charge in [-0.1, -0.05) is 64.8 Å². The molecule has 7 heteroatoms. The van der Waals surface area contributed by atoms with Crippen molar-refractivity contribution in [1.82, 2.24) is 5.32 Å². The molecule has 0 spiro atoms. The van der Waals surface area contributed by atoms with Gasteiger partial charge in [0.05, 0.1) is 5.41 Å². The molecule has 1 aliphatic carbocycles. The second-order valence-electron chi connectivity index (χ2n) is 8.64. The van der Waals surface area contributed by atoms with E-state index in [-0.39, 0.29) is 12.3 Å². The number of rotatable bonds is 6. The summed E-state index contributed by atoms with van der Waals surface area (Å²) in [5.41, 5.74) is -0.956. The number of Topliss-reactive ketones (excluding diaryl/α,β-unsaturated/α-hetero) is 1. The Hall–Kier alpha value is -2.96. The first-order valence-electron chi connectivity index (χ1n) is 11.0. The van der Waals surface area contributed by atoms with E-state index in [0.717, 1.165) is 10.0 Å². The van der Waals surface area contributed by atoms with Gasteiger partial charge in [-0.3, -0.25) is 14.4 Å². The van der Waals surface area contributed by atoms with Gasteiger partial charge in [0.25, 0.3) is 0 Å². The molecular formula is C27H21BrClNO4. The van der Waals surface area contributed by atoms with E-state index in [2.05, 4.69) is 21.2 Å². The lowest BCUT2D eigenvalue weighted by Crippen LogP contribution is -2.45. The molecule has 172 valence electrons. The lowest BCUT2D eigenvalue weighted by Gasteiger charge is -2.24. The average molecular weight is 539 g/mol. The highest BCUT2D eigenvalue weighted by Crippen LogP contribution is 2.80. The molecule has 5 nitrogen and oxygen atoms in total. The number of esters is 1. The summed E-state index contributed by atoms with van der Waals surface area (Å²) < 4.78 is 6.46. The standard InChI is InChI=1S/C27H21BrClNO4/c1-2-26(23(31)17-8-11-19(29)12-9-17)22-20-14-18(28)10-13-21(20)34-25(33)27(22,26)24(32)30-15-16-6-4-3-5-7-16/h3-14,22H,2,15H2,1H3,(H,30,32)/t22-,26-,27-/m1/s1. The van der Waals surface area contributed by atoms with Crippen molar-refractivity contribution in [2.24, 2.45) is 10.8 Å². The SMILES string of the molecule is CC[C@]1(C(=O)c2ccc(Cl)cc2)[C@H]2c3cc(Br)ccc3OC(=O)[C@]21C(=O)NCc1ccccc1. The quantitative estimate of drug-likeness (QED) is 0.189. The van der Waals surface area contributed by atoms with E-state index in [9.17, 15) is 14.4 Å². The van der Waals surface area contributed by atoms with Gasteiger partial charge in [0.2, 0.25) is 5.91 Å². The third-order valence-electron chi connectivity index (χ3n) is 7.08. The summed E-state index contributed by atoms with van der Waals surface area (Å²) in [4.78, 5) is 41.4. The van der Waals surface area contributed by atoms with Crippen molar-refractivity contribution in [2.45, 2.75) is 25.8 Å². The smallest absolute Gasteiger partial charge is 0.328 e. The number of hydrogen-bond acceptors (Lipinski definition) is 4. The molecule has 1 N–H and O–H groups in total. The maximum absolute atomic E-state index is 14.0. The second-order valence-corrected chi connectivity index (χ2v) is 9.99. The number of amides is 1. The van der Waals surface area contributed by atoms with Gasteiger partial charge in [-0.25, -0.2) is 0 Å². The Bertz CT molecular complexity index is 1310. The maximum Gasteiger partial charge on any atom is 0.328 e. The minimum Gasteiger partial charge on any atom is -0.425 e. The highest BCUT2D eigenvalue weighted by atomic mass is 79.9. The fourth-order valence-electron chi connectivity index (χ4n) is 5.51. The molecule has 0 radical (unpaired) electrons. The summed E-state index contributed by atoms with van der Waals surface area (Å²) in [5.74, 6) is -1.72. The zero-order valence-electron chi connectivity index (χ0n) is 18.3. The van der Waals surface area contributed by atoms with Gasteiger partial charge in [0.15, 0.2) is 11.2 Å². The fraction of sp³-hybridized carbons (Fsp3) is 0.222. The van der Waals surface area contributed by atoms with E-state index < -0.39 is 28.6 Å². The number of carbonyl (C=O) groups excluding carboxylic acids is 3. The van der Waals surface area contributed by atoms with Gasteiger partial charge in [0, 0.05) is 33.1 Å². The number of nitrogens with one attached hydrogen (secondary N) is 1. The van der Waals surface area contributed by atoms with Crippen molar-refractivity contribution in [3.63, 3.8) is 0 Å². The Balaban J connectivity index is 1.62. The van der Waals surface area contributed by atoms with Gasteiger partial charge >= 0.3 is 5.97 Å². The molecule has 3 aromatic rings. The van der Waals surface area contributed by atoms with E-state index in [0.29, 0.717) is 28.3 Å². The molecule has 1 amide bonds. The zero-order valence-corrected chi connectivity index (χ0v) is 20.7. The van der Waals surface area contributed by atoms with Crippen LogP contribution in [-0.2, 0) is 16.1 Å². The minimum atomic E-state index is -1.65. The van der Waals surface area contributed by atoms with Crippen molar-refractivity contribution < 1.29 is 19.1 Å². The summed E-state index contributed by atoms with van der Waals surface area (Å²) in [6.07, 6.45) is 0.291. The summed E-state index contributed by atoms with van der Waals surface area (Å²) >= 11 is 9.51. The third-order valence-corrected chi connectivity index (χ3v) is 7.82. The van der Waals surface area contributed by atoms with E-state index in [1.165, 1.54) is 0 Å². The first-order valence-corrected chi connectivity index (χ1v) is 12.2. The van der Waals surface area contributed by atoms with Crippen LogP contribution in [-0.4, -0.2) is 17.7 Å². The predicted octanol–water partition coefficient (Wildman–Crippen LogP) is 5.70. The van der Waals surface area contributed by atoms with E-state index >= 15 is 0 Å². The van der Waals surface area contributed by atoms with Gasteiger partial charge in [0.1, 0.15) is 5.75 Å². The molecule has 0 bridgehead atoms. The number of fused-ring (bicyclic) bond motifs is 3. The van der Waals surface area contributed by atoms with E-state index in [4.69, 9.17) is 16.3 Å². The summed E-state index contributed by atoms with van der Waals surface area (Å²) in [6, 6.07) is 21.2. The average Bonchev–Trinajstić information content (AvgIpc) is 3.50. The Labute approximate surface area is 210 Å². The van der Waals surface area contributed by atoms with Crippen molar-refractivity contribution in [1.29, 1.82) is 0 Å². The van der Waals surface area contributed by atoms with E-state index in [1.54, 1.807) is 36.4 Å². The van der Waals surface area contributed by atoms with Crippen LogP contribution in [0.4, 0.5) is 0 Å². The number of carbonyl (C=O) groups is 3. The number of ether oxygens (including phenoxy) is 1. The Morgan fingerprint density at radius 2 is 1.76 bits per heavy atom. The Morgan fingerprint density at radius 1 is 1.06 bits per heavy atom. The molecule has 5 rings (SSSR count). The van der Waals surface area contributed by atoms with E-state index in [1.807, 2.05) is 43.3 Å². The highest BCUT2D eigenvalue weighted by molar-refractivity contribution is 9.10. The summed E-state index contributed by atoms with van der Waals surface area (Å²) in [5, 5.41) is 3.41. The summed E-state index contributed by atoms with van der Waals surface area (Å²) in [7, 11) is 0. The minimum absolute atomic E-state index is 0.238. The first kappa shape index (κ1) is 22.8. The number of halogens is 2. The molecule has 34 heavy (non-hydrogen) atoms. The van der Waals surface area contributed by atoms with Crippen LogP contribution >= 0.6 is 27.5 Å². The molecule has 0 unspecified atom stereocenters. The zero-order chi connectivity index (χ0) is 24.1. The lowest BCUT2D eigenvalue weighted by molar-refractivity contribution is -0.149. The van der Waals surface area contributed by atoms with Gasteiger partial charge in [-0.2, -0.15) is 0 Å². The van der Waals surface area contributed by atoms with Crippen molar-refractivity contribution >= 4 is 45.2 Å². The molecule has 3 aromatic carbocycles. The lowest BCUT2D eigenvalue weighted by atomic mass is 9.82. The monoisotopic (exact) mass is 537 g/mol. The topological polar surface area (TPSA) is 72.5 Å². The Kier molecular flexibility index (Phi) is 5.61. The Morgan fingerprint density at radius 3 is 2.44 bits per heavy atom. The van der Waals surface area contributed by atoms with Crippen LogP contribution in [0.2, 0.25) is 5.02 Å². The molecular weight excluding hydrogens is 518 g/mol. The largest absolute Gasteiger partial charge is 0.425 e. The predicted molar refractivity (Wildman–Crippen MR) is 132 cm³/mol. The van der Waals surface area contributed by atoms with Crippen molar-refractivity contribution in [2.75, 3.05) is 0 Å². The van der Waals surface area contributed by atoms with Crippen LogP contribution in [0.3, 0.4) is 0 Å². The highest BCUT2D eigenvalue weighted by Gasteiger charge is 2.89. The van der Waals surface area contributed by atoms with Crippen LogP contribution in [0.1, 0.15) is 40.7 Å². The number of hydrogen-bond donors (Lipinski definition) is 1. The van der Waals surface area contributed by atoms with Crippen LogP contribution < -0.4 is 10.1 Å². The molecule has 3 atom stereocenters. The van der Waals surface area contributed by atoms with Gasteiger partial charge < -0.3 is 10.1 Å². The molecule has 0 saturated heterocycles. The molecule has 1 fully saturated rings. The van der Waals surface area contributed by atoms with Crippen LogP contribution in [0.15, 0.2) is 77.3 Å². The fourth-order valence-corrected chi connectivity index (χ4v) is 6.01. The molecule has 0 aromatic heterocycles. The van der Waals surface area contributed by atoms with Crippen LogP contribution in [0.25, 0.3) is 0 Å². The van der Waals surface area contributed by atoms with Gasteiger partial charge in [-0.15, -0.1) is 0 Å². The first-order chi connectivity index (χ1) is 16.4. The van der Waals surface area contributed by atoms with Crippen LogP contribution in [0, 0.1) is 10.8 Å². The maximum atomic E-state index is 14.0. The molecule has 1 heterocycles. The normalized spacial score (nSPS) is 24.4. The number of ketones is 1. The molecule has 1 aliphatic heterocycles. The van der Waals surface area contributed by atoms with Crippen molar-refractivity contribution in [3.05, 3.63) is 99.0 Å². The number of benzene rings is 3. The van der Waals surface area contributed by atoms with Crippen molar-refractivity contribution in [3.8, 4) is 5.75 Å².